The molecular weight excluding hydrogens is 294 g/mol. The number of hydrogen-bond donors (Lipinski definition) is 2. The maximum Gasteiger partial charge on any atom is 0.201 e. The molecular formula is C17H19N3O3. The molecule has 0 radical (unpaired) electrons. The van der Waals surface area contributed by atoms with E-state index in [4.69, 9.17) is 14.2 Å². The number of H-pyrrole nitrogens is 1. The van der Waals surface area contributed by atoms with Crippen molar-refractivity contribution in [2.45, 2.75) is 6.54 Å². The molecule has 2 aromatic carbocycles. The molecule has 0 atom stereocenters. The summed E-state index contributed by atoms with van der Waals surface area (Å²) in [6, 6.07) is 11.5. The van der Waals surface area contributed by atoms with Gasteiger partial charge in [0.1, 0.15) is 17.2 Å². The molecule has 3 rings (SSSR count). The summed E-state index contributed by atoms with van der Waals surface area (Å²) in [6.07, 6.45) is 0. The van der Waals surface area contributed by atoms with Crippen molar-refractivity contribution >= 4 is 17.0 Å². The van der Waals surface area contributed by atoms with Crippen LogP contribution < -0.4 is 19.5 Å². The Labute approximate surface area is 134 Å². The summed E-state index contributed by atoms with van der Waals surface area (Å²) in [4.78, 5) is 7.73. The first-order chi connectivity index (χ1) is 11.2. The van der Waals surface area contributed by atoms with Crippen molar-refractivity contribution in [1.82, 2.24) is 9.97 Å². The Morgan fingerprint density at radius 2 is 1.70 bits per heavy atom. The van der Waals surface area contributed by atoms with E-state index in [-0.39, 0.29) is 0 Å². The first-order valence-electron chi connectivity index (χ1n) is 7.22. The van der Waals surface area contributed by atoms with Gasteiger partial charge < -0.3 is 24.5 Å². The molecule has 1 aromatic heterocycles. The topological polar surface area (TPSA) is 68.4 Å². The van der Waals surface area contributed by atoms with Crippen LogP contribution in [-0.4, -0.2) is 31.3 Å². The van der Waals surface area contributed by atoms with E-state index in [1.54, 1.807) is 21.3 Å². The van der Waals surface area contributed by atoms with Gasteiger partial charge in [0.25, 0.3) is 0 Å². The van der Waals surface area contributed by atoms with Crippen molar-refractivity contribution in [2.75, 3.05) is 26.6 Å². The number of ether oxygens (including phenoxy) is 3. The number of benzene rings is 2. The van der Waals surface area contributed by atoms with Crippen molar-refractivity contribution in [1.29, 1.82) is 0 Å². The van der Waals surface area contributed by atoms with Gasteiger partial charge in [-0.05, 0) is 12.1 Å². The SMILES string of the molecule is COc1cc(OC)c(CNc2nc3ccccc3[nH]2)c(OC)c1. The zero-order valence-corrected chi connectivity index (χ0v) is 13.3. The van der Waals surface area contributed by atoms with Crippen LogP contribution in [-0.2, 0) is 6.54 Å². The van der Waals surface area contributed by atoms with Crippen molar-refractivity contribution in [3.63, 3.8) is 0 Å². The number of nitrogens with zero attached hydrogens (tertiary/aromatic N) is 1. The van der Waals surface area contributed by atoms with Gasteiger partial charge in [-0.3, -0.25) is 0 Å². The van der Waals surface area contributed by atoms with Gasteiger partial charge in [0.05, 0.1) is 44.5 Å². The molecule has 120 valence electrons. The molecule has 0 saturated carbocycles. The molecule has 6 heteroatoms. The molecule has 0 unspecified atom stereocenters. The second kappa shape index (κ2) is 6.48. The van der Waals surface area contributed by atoms with Crippen LogP contribution in [0.5, 0.6) is 17.2 Å². The minimum atomic E-state index is 0.510. The number of nitrogens with one attached hydrogen (secondary N) is 2. The van der Waals surface area contributed by atoms with Gasteiger partial charge in [0.2, 0.25) is 5.95 Å². The molecule has 0 fully saturated rings. The highest BCUT2D eigenvalue weighted by Gasteiger charge is 2.13. The fourth-order valence-corrected chi connectivity index (χ4v) is 2.46. The fraction of sp³-hybridized carbons (Fsp3) is 0.235. The predicted molar refractivity (Wildman–Crippen MR) is 89.5 cm³/mol. The van der Waals surface area contributed by atoms with Crippen molar-refractivity contribution in [3.8, 4) is 17.2 Å². The fourth-order valence-electron chi connectivity index (χ4n) is 2.46. The number of para-hydroxylation sites is 2. The maximum atomic E-state index is 5.45. The monoisotopic (exact) mass is 313 g/mol. The lowest BCUT2D eigenvalue weighted by molar-refractivity contribution is 0.369. The molecule has 1 heterocycles. The number of aromatic amines is 1. The normalized spacial score (nSPS) is 10.6. The molecule has 3 aromatic rings. The zero-order valence-electron chi connectivity index (χ0n) is 13.3. The van der Waals surface area contributed by atoms with Gasteiger partial charge >= 0.3 is 0 Å². The van der Waals surface area contributed by atoms with Crippen LogP contribution in [0, 0.1) is 0 Å². The number of hydrogen-bond acceptors (Lipinski definition) is 5. The van der Waals surface area contributed by atoms with E-state index in [2.05, 4.69) is 15.3 Å². The predicted octanol–water partition coefficient (Wildman–Crippen LogP) is 3.20. The third kappa shape index (κ3) is 3.01. The summed E-state index contributed by atoms with van der Waals surface area (Å²) in [5.74, 6) is 2.78. The number of methoxy groups -OCH3 is 3. The maximum absolute atomic E-state index is 5.45. The average Bonchev–Trinajstić information content (AvgIpc) is 3.01. The summed E-state index contributed by atoms with van der Waals surface area (Å²) >= 11 is 0. The minimum Gasteiger partial charge on any atom is -0.496 e. The smallest absolute Gasteiger partial charge is 0.201 e. The molecule has 0 aliphatic heterocycles. The van der Waals surface area contributed by atoms with E-state index in [0.717, 1.165) is 16.6 Å². The summed E-state index contributed by atoms with van der Waals surface area (Å²) in [5, 5.41) is 3.27. The zero-order chi connectivity index (χ0) is 16.2. The van der Waals surface area contributed by atoms with Crippen LogP contribution in [0.25, 0.3) is 11.0 Å². The van der Waals surface area contributed by atoms with Crippen LogP contribution >= 0.6 is 0 Å². The lowest BCUT2D eigenvalue weighted by Crippen LogP contribution is -2.05. The Hall–Kier alpha value is -2.89. The molecule has 0 aliphatic rings. The van der Waals surface area contributed by atoms with E-state index >= 15 is 0 Å². The molecule has 2 N–H and O–H groups in total. The number of rotatable bonds is 6. The van der Waals surface area contributed by atoms with Crippen LogP contribution in [0.15, 0.2) is 36.4 Å². The largest absolute Gasteiger partial charge is 0.496 e. The second-order valence-electron chi connectivity index (χ2n) is 4.97. The highest BCUT2D eigenvalue weighted by Crippen LogP contribution is 2.34. The Morgan fingerprint density at radius 1 is 1.00 bits per heavy atom. The van der Waals surface area contributed by atoms with E-state index in [1.165, 1.54) is 0 Å². The van der Waals surface area contributed by atoms with Crippen LogP contribution in [0.3, 0.4) is 0 Å². The van der Waals surface area contributed by atoms with Crippen LogP contribution in [0.1, 0.15) is 5.56 Å². The first-order valence-corrected chi connectivity index (χ1v) is 7.22. The van der Waals surface area contributed by atoms with E-state index in [9.17, 15) is 0 Å². The van der Waals surface area contributed by atoms with Crippen LogP contribution in [0.2, 0.25) is 0 Å². The number of fused-ring (bicyclic) bond motifs is 1. The van der Waals surface area contributed by atoms with Gasteiger partial charge in [-0.2, -0.15) is 0 Å². The Kier molecular flexibility index (Phi) is 4.23. The third-order valence-electron chi connectivity index (χ3n) is 3.64. The minimum absolute atomic E-state index is 0.510. The Morgan fingerprint density at radius 3 is 2.30 bits per heavy atom. The number of aromatic nitrogens is 2. The third-order valence-corrected chi connectivity index (χ3v) is 3.64. The molecule has 0 aliphatic carbocycles. The highest BCUT2D eigenvalue weighted by atomic mass is 16.5. The molecule has 0 saturated heterocycles. The van der Waals surface area contributed by atoms with Crippen molar-refractivity contribution < 1.29 is 14.2 Å². The second-order valence-corrected chi connectivity index (χ2v) is 4.97. The summed E-state index contributed by atoms with van der Waals surface area (Å²) < 4.78 is 16.2. The summed E-state index contributed by atoms with van der Waals surface area (Å²) in [6.45, 7) is 0.510. The summed E-state index contributed by atoms with van der Waals surface area (Å²) in [5.41, 5.74) is 2.81. The van der Waals surface area contributed by atoms with E-state index in [0.29, 0.717) is 29.7 Å². The quantitative estimate of drug-likeness (QED) is 0.731. The van der Waals surface area contributed by atoms with E-state index < -0.39 is 0 Å². The summed E-state index contributed by atoms with van der Waals surface area (Å²) in [7, 11) is 4.86. The highest BCUT2D eigenvalue weighted by molar-refractivity contribution is 5.77. The number of anilines is 1. The average molecular weight is 313 g/mol. The standard InChI is InChI=1S/C17H19N3O3/c1-21-11-8-15(22-2)12(16(9-11)23-3)10-18-17-19-13-6-4-5-7-14(13)20-17/h4-9H,10H2,1-3H3,(H2,18,19,20). The molecule has 0 amide bonds. The van der Waals surface area contributed by atoms with Gasteiger partial charge in [0, 0.05) is 12.1 Å². The lowest BCUT2D eigenvalue weighted by atomic mass is 10.1. The molecule has 0 spiro atoms. The molecule has 23 heavy (non-hydrogen) atoms. The van der Waals surface area contributed by atoms with Gasteiger partial charge in [-0.15, -0.1) is 0 Å². The van der Waals surface area contributed by atoms with Gasteiger partial charge in [-0.25, -0.2) is 4.98 Å². The van der Waals surface area contributed by atoms with Gasteiger partial charge in [-0.1, -0.05) is 12.1 Å². The first kappa shape index (κ1) is 15.0. The van der Waals surface area contributed by atoms with Gasteiger partial charge in [0.15, 0.2) is 0 Å². The van der Waals surface area contributed by atoms with Crippen molar-refractivity contribution in [2.24, 2.45) is 0 Å². The lowest BCUT2D eigenvalue weighted by Gasteiger charge is -2.15. The van der Waals surface area contributed by atoms with Crippen LogP contribution in [0.4, 0.5) is 5.95 Å². The Balaban J connectivity index is 1.86. The van der Waals surface area contributed by atoms with Crippen molar-refractivity contribution in [3.05, 3.63) is 42.0 Å². The molecule has 0 bridgehead atoms. The number of imidazole rings is 1. The van der Waals surface area contributed by atoms with E-state index in [1.807, 2.05) is 36.4 Å². The Bertz CT molecular complexity index is 756. The molecule has 6 nitrogen and oxygen atoms in total.